The lowest BCUT2D eigenvalue weighted by molar-refractivity contribution is -0.128. The number of likely N-dealkylation sites (tertiary alicyclic amines) is 1. The predicted octanol–water partition coefficient (Wildman–Crippen LogP) is 3.33. The van der Waals surface area contributed by atoms with Crippen molar-refractivity contribution < 1.29 is 14.3 Å². The van der Waals surface area contributed by atoms with Gasteiger partial charge in [-0.15, -0.1) is 0 Å². The fourth-order valence-corrected chi connectivity index (χ4v) is 3.76. The minimum Gasteiger partial charge on any atom is -0.444 e. The van der Waals surface area contributed by atoms with Crippen LogP contribution in [0.5, 0.6) is 0 Å². The summed E-state index contributed by atoms with van der Waals surface area (Å²) in [5, 5.41) is 3.05. The van der Waals surface area contributed by atoms with Gasteiger partial charge in [0.25, 0.3) is 0 Å². The smallest absolute Gasteiger partial charge is 0.410 e. The van der Waals surface area contributed by atoms with Gasteiger partial charge in [0, 0.05) is 12.1 Å². The molecule has 1 aliphatic carbocycles. The molecule has 5 nitrogen and oxygen atoms in total. The summed E-state index contributed by atoms with van der Waals surface area (Å²) in [5.74, 6) is 0.642. The van der Waals surface area contributed by atoms with E-state index in [0.29, 0.717) is 12.5 Å². The molecule has 0 aromatic carbocycles. The summed E-state index contributed by atoms with van der Waals surface area (Å²) in [7, 11) is 0. The van der Waals surface area contributed by atoms with Crippen LogP contribution in [0, 0.1) is 11.8 Å². The summed E-state index contributed by atoms with van der Waals surface area (Å²) in [6, 6.07) is -0.394. The Bertz CT molecular complexity index is 462. The average molecular weight is 324 g/mol. The molecular formula is C18H32N2O3. The highest BCUT2D eigenvalue weighted by Gasteiger charge is 2.49. The molecule has 1 aliphatic heterocycles. The van der Waals surface area contributed by atoms with Gasteiger partial charge in [-0.3, -0.25) is 9.69 Å². The number of hydrogen-bond acceptors (Lipinski definition) is 3. The largest absolute Gasteiger partial charge is 0.444 e. The molecule has 0 bridgehead atoms. The molecule has 2 amide bonds. The highest BCUT2D eigenvalue weighted by atomic mass is 16.6. The Morgan fingerprint density at radius 2 is 1.65 bits per heavy atom. The molecule has 132 valence electrons. The van der Waals surface area contributed by atoms with Crippen molar-refractivity contribution in [2.45, 2.75) is 84.4 Å². The Labute approximate surface area is 140 Å². The number of carbonyl (C=O) groups is 2. The SMILES string of the molecule is CC(C)(C)NC(=O)C1C2CCCCC2CN1C(=O)OC(C)(C)C. The van der Waals surface area contributed by atoms with Gasteiger partial charge in [0.05, 0.1) is 0 Å². The molecule has 1 saturated heterocycles. The van der Waals surface area contributed by atoms with Crippen LogP contribution in [0.2, 0.25) is 0 Å². The lowest BCUT2D eigenvalue weighted by Crippen LogP contribution is -2.54. The van der Waals surface area contributed by atoms with Crippen LogP contribution in [-0.4, -0.2) is 40.6 Å². The van der Waals surface area contributed by atoms with Gasteiger partial charge in [-0.2, -0.15) is 0 Å². The van der Waals surface area contributed by atoms with E-state index in [1.807, 2.05) is 41.5 Å². The fraction of sp³-hybridized carbons (Fsp3) is 0.889. The molecular weight excluding hydrogens is 292 g/mol. The third kappa shape index (κ3) is 4.61. The van der Waals surface area contributed by atoms with Crippen LogP contribution < -0.4 is 5.32 Å². The topological polar surface area (TPSA) is 58.6 Å². The van der Waals surface area contributed by atoms with Crippen molar-refractivity contribution in [2.24, 2.45) is 11.8 Å². The van der Waals surface area contributed by atoms with E-state index in [2.05, 4.69) is 5.32 Å². The van der Waals surface area contributed by atoms with Gasteiger partial charge in [0.2, 0.25) is 5.91 Å². The van der Waals surface area contributed by atoms with E-state index in [4.69, 9.17) is 4.74 Å². The van der Waals surface area contributed by atoms with Crippen molar-refractivity contribution in [2.75, 3.05) is 6.54 Å². The maximum absolute atomic E-state index is 12.8. The minimum absolute atomic E-state index is 0.0437. The Morgan fingerprint density at radius 3 is 2.22 bits per heavy atom. The summed E-state index contributed by atoms with van der Waals surface area (Å²) in [5.41, 5.74) is -0.848. The second kappa shape index (κ2) is 6.33. The van der Waals surface area contributed by atoms with E-state index >= 15 is 0 Å². The number of fused-ring (bicyclic) bond motifs is 1. The summed E-state index contributed by atoms with van der Waals surface area (Å²) < 4.78 is 5.55. The Hall–Kier alpha value is -1.26. The minimum atomic E-state index is -0.546. The van der Waals surface area contributed by atoms with Gasteiger partial charge < -0.3 is 10.1 Å². The van der Waals surface area contributed by atoms with Gasteiger partial charge in [0.1, 0.15) is 11.6 Å². The quantitative estimate of drug-likeness (QED) is 0.805. The molecule has 1 N–H and O–H groups in total. The molecule has 3 unspecified atom stereocenters. The molecule has 3 atom stereocenters. The first-order valence-corrected chi connectivity index (χ1v) is 8.79. The lowest BCUT2D eigenvalue weighted by Gasteiger charge is -2.33. The van der Waals surface area contributed by atoms with E-state index in [1.54, 1.807) is 4.90 Å². The number of ether oxygens (including phenoxy) is 1. The summed E-state index contributed by atoms with van der Waals surface area (Å²) in [6.45, 7) is 12.1. The first kappa shape index (κ1) is 18.1. The van der Waals surface area contributed by atoms with Crippen LogP contribution in [0.1, 0.15) is 67.2 Å². The van der Waals surface area contributed by atoms with Gasteiger partial charge >= 0.3 is 6.09 Å². The third-order valence-corrected chi connectivity index (χ3v) is 4.54. The highest BCUT2D eigenvalue weighted by Crippen LogP contribution is 2.41. The molecule has 2 rings (SSSR count). The van der Waals surface area contributed by atoms with Crippen LogP contribution in [0.25, 0.3) is 0 Å². The van der Waals surface area contributed by atoms with Gasteiger partial charge in [-0.1, -0.05) is 12.8 Å². The van der Waals surface area contributed by atoms with Gasteiger partial charge in [-0.25, -0.2) is 4.79 Å². The van der Waals surface area contributed by atoms with Crippen LogP contribution in [0.4, 0.5) is 4.79 Å². The zero-order valence-electron chi connectivity index (χ0n) is 15.4. The molecule has 0 spiro atoms. The van der Waals surface area contributed by atoms with E-state index in [1.165, 1.54) is 6.42 Å². The standard InChI is InChI=1S/C18H32N2O3/c1-17(2,3)19-15(21)14-13-10-8-7-9-12(13)11-20(14)16(22)23-18(4,5)6/h12-14H,7-11H2,1-6H3,(H,19,21). The number of hydrogen-bond donors (Lipinski definition) is 1. The van der Waals surface area contributed by atoms with Crippen LogP contribution in [0.3, 0.4) is 0 Å². The molecule has 5 heteroatoms. The summed E-state index contributed by atoms with van der Waals surface area (Å²) in [6.07, 6.45) is 4.09. The fourth-order valence-electron chi connectivity index (χ4n) is 3.76. The van der Waals surface area contributed by atoms with Crippen molar-refractivity contribution in [3.63, 3.8) is 0 Å². The molecule has 0 radical (unpaired) electrons. The van der Waals surface area contributed by atoms with Crippen LogP contribution in [-0.2, 0) is 9.53 Å². The third-order valence-electron chi connectivity index (χ3n) is 4.54. The van der Waals surface area contributed by atoms with Gasteiger partial charge in [0.15, 0.2) is 0 Å². The maximum atomic E-state index is 12.8. The second-order valence-corrected chi connectivity index (χ2v) is 9.03. The average Bonchev–Trinajstić information content (AvgIpc) is 2.73. The lowest BCUT2D eigenvalue weighted by atomic mass is 9.78. The number of carbonyl (C=O) groups excluding carboxylic acids is 2. The molecule has 0 aromatic heterocycles. The van der Waals surface area contributed by atoms with Crippen molar-refractivity contribution in [3.8, 4) is 0 Å². The summed E-state index contributed by atoms with van der Waals surface area (Å²) >= 11 is 0. The Kier molecular flexibility index (Phi) is 4.97. The number of amides is 2. The molecule has 23 heavy (non-hydrogen) atoms. The van der Waals surface area contributed by atoms with Gasteiger partial charge in [-0.05, 0) is 66.2 Å². The van der Waals surface area contributed by atoms with Crippen molar-refractivity contribution in [1.29, 1.82) is 0 Å². The van der Waals surface area contributed by atoms with Crippen molar-refractivity contribution >= 4 is 12.0 Å². The molecule has 2 fully saturated rings. The maximum Gasteiger partial charge on any atom is 0.410 e. The number of nitrogens with one attached hydrogen (secondary N) is 1. The Morgan fingerprint density at radius 1 is 1.04 bits per heavy atom. The predicted molar refractivity (Wildman–Crippen MR) is 90.1 cm³/mol. The molecule has 1 heterocycles. The first-order valence-electron chi connectivity index (χ1n) is 8.79. The molecule has 0 aromatic rings. The van der Waals surface area contributed by atoms with E-state index < -0.39 is 11.6 Å². The number of rotatable bonds is 1. The van der Waals surface area contributed by atoms with Crippen molar-refractivity contribution in [1.82, 2.24) is 10.2 Å². The van der Waals surface area contributed by atoms with Crippen LogP contribution >= 0.6 is 0 Å². The molecule has 2 aliphatic rings. The number of nitrogens with zero attached hydrogens (tertiary/aromatic N) is 1. The normalized spacial score (nSPS) is 28.3. The van der Waals surface area contributed by atoms with E-state index in [9.17, 15) is 9.59 Å². The van der Waals surface area contributed by atoms with Crippen LogP contribution in [0.15, 0.2) is 0 Å². The second-order valence-electron chi connectivity index (χ2n) is 9.03. The van der Waals surface area contributed by atoms with E-state index in [-0.39, 0.29) is 23.5 Å². The van der Waals surface area contributed by atoms with E-state index in [0.717, 1.165) is 19.3 Å². The zero-order chi connectivity index (χ0) is 17.4. The molecule has 1 saturated carbocycles. The highest BCUT2D eigenvalue weighted by molar-refractivity contribution is 5.87. The van der Waals surface area contributed by atoms with Crippen molar-refractivity contribution in [3.05, 3.63) is 0 Å². The zero-order valence-corrected chi connectivity index (χ0v) is 15.4. The monoisotopic (exact) mass is 324 g/mol. The summed E-state index contributed by atoms with van der Waals surface area (Å²) in [4.78, 5) is 27.1. The Balaban J connectivity index is 2.20. The first-order chi connectivity index (χ1) is 10.5.